The first-order valence-corrected chi connectivity index (χ1v) is 6.80. The van der Waals surface area contributed by atoms with Gasteiger partial charge in [-0.05, 0) is 19.3 Å². The van der Waals surface area contributed by atoms with Gasteiger partial charge in [-0.25, -0.2) is 0 Å². The summed E-state index contributed by atoms with van der Waals surface area (Å²) in [5, 5.41) is 17.4. The molecular formula is C13H22ClN3O2. The number of nitrogens with one attached hydrogen (secondary N) is 1. The van der Waals surface area contributed by atoms with Crippen LogP contribution in [-0.2, 0) is 13.5 Å². The predicted octanol–water partition coefficient (Wildman–Crippen LogP) is 1.77. The molecule has 0 aliphatic carbocycles. The number of aryl methyl sites for hydroxylation is 2. The Morgan fingerprint density at radius 1 is 1.58 bits per heavy atom. The van der Waals surface area contributed by atoms with E-state index in [9.17, 15) is 9.90 Å². The van der Waals surface area contributed by atoms with E-state index in [-0.39, 0.29) is 18.4 Å². The molecule has 0 spiro atoms. The van der Waals surface area contributed by atoms with Gasteiger partial charge in [-0.3, -0.25) is 9.48 Å². The molecule has 19 heavy (non-hydrogen) atoms. The van der Waals surface area contributed by atoms with Crippen LogP contribution in [0.25, 0.3) is 0 Å². The molecule has 0 bridgehead atoms. The van der Waals surface area contributed by atoms with E-state index >= 15 is 0 Å². The van der Waals surface area contributed by atoms with E-state index in [0.717, 1.165) is 0 Å². The van der Waals surface area contributed by atoms with Gasteiger partial charge in [0.25, 0.3) is 5.91 Å². The summed E-state index contributed by atoms with van der Waals surface area (Å²) < 4.78 is 1.48. The van der Waals surface area contributed by atoms with E-state index in [1.807, 2.05) is 20.8 Å². The van der Waals surface area contributed by atoms with E-state index < -0.39 is 5.60 Å². The smallest absolute Gasteiger partial charge is 0.256 e. The molecule has 1 atom stereocenters. The topological polar surface area (TPSA) is 67.2 Å². The standard InChI is InChI=1S/C13H22ClN3O2/c1-6-9-10(11(14)17(5)16-9)12(18)15-7-13(4,19)8(2)3/h8,19H,6-7H2,1-5H3,(H,15,18). The van der Waals surface area contributed by atoms with Crippen molar-refractivity contribution in [3.05, 3.63) is 16.4 Å². The summed E-state index contributed by atoms with van der Waals surface area (Å²) in [6.07, 6.45) is 0.629. The minimum absolute atomic E-state index is 0.0443. The number of carbonyl (C=O) groups is 1. The fourth-order valence-electron chi connectivity index (χ4n) is 1.58. The zero-order valence-electron chi connectivity index (χ0n) is 12.1. The zero-order chi connectivity index (χ0) is 14.8. The van der Waals surface area contributed by atoms with Gasteiger partial charge >= 0.3 is 0 Å². The van der Waals surface area contributed by atoms with Crippen LogP contribution in [0.1, 0.15) is 43.7 Å². The van der Waals surface area contributed by atoms with Crippen molar-refractivity contribution in [3.63, 3.8) is 0 Å². The molecule has 0 saturated heterocycles. The molecule has 0 fully saturated rings. The van der Waals surface area contributed by atoms with E-state index in [0.29, 0.717) is 22.8 Å². The van der Waals surface area contributed by atoms with Crippen LogP contribution in [0.15, 0.2) is 0 Å². The number of aliphatic hydroxyl groups is 1. The maximum absolute atomic E-state index is 12.2. The third kappa shape index (κ3) is 3.48. The summed E-state index contributed by atoms with van der Waals surface area (Å²) in [6, 6.07) is 0. The molecule has 5 nitrogen and oxygen atoms in total. The molecule has 1 heterocycles. The van der Waals surface area contributed by atoms with Gasteiger partial charge in [0.05, 0.1) is 16.9 Å². The van der Waals surface area contributed by atoms with Crippen LogP contribution in [0.4, 0.5) is 0 Å². The minimum atomic E-state index is -0.948. The SMILES string of the molecule is CCc1nn(C)c(Cl)c1C(=O)NCC(C)(O)C(C)C. The molecule has 1 rings (SSSR count). The van der Waals surface area contributed by atoms with Gasteiger partial charge in [-0.1, -0.05) is 32.4 Å². The molecule has 1 amide bonds. The van der Waals surface area contributed by atoms with E-state index in [1.54, 1.807) is 14.0 Å². The average Bonchev–Trinajstić information content (AvgIpc) is 2.62. The molecule has 0 radical (unpaired) electrons. The van der Waals surface area contributed by atoms with Crippen LogP contribution >= 0.6 is 11.6 Å². The molecular weight excluding hydrogens is 266 g/mol. The van der Waals surface area contributed by atoms with Gasteiger partial charge in [-0.15, -0.1) is 0 Å². The Morgan fingerprint density at radius 3 is 2.63 bits per heavy atom. The summed E-state index contributed by atoms with van der Waals surface area (Å²) >= 11 is 6.08. The second-order valence-electron chi connectivity index (χ2n) is 5.28. The van der Waals surface area contributed by atoms with E-state index in [1.165, 1.54) is 4.68 Å². The summed E-state index contributed by atoms with van der Waals surface area (Å²) in [5.74, 6) is -0.251. The number of aromatic nitrogens is 2. The first-order chi connectivity index (χ1) is 8.70. The Hall–Kier alpha value is -1.07. The van der Waals surface area contributed by atoms with Crippen LogP contribution in [0.3, 0.4) is 0 Å². The first kappa shape index (κ1) is 16.0. The van der Waals surface area contributed by atoms with Gasteiger partial charge in [0.2, 0.25) is 0 Å². The lowest BCUT2D eigenvalue weighted by molar-refractivity contribution is 0.0142. The number of hydrogen-bond donors (Lipinski definition) is 2. The molecule has 108 valence electrons. The van der Waals surface area contributed by atoms with Gasteiger partial charge in [0.1, 0.15) is 5.15 Å². The van der Waals surface area contributed by atoms with Gasteiger partial charge in [-0.2, -0.15) is 5.10 Å². The second-order valence-corrected chi connectivity index (χ2v) is 5.64. The van der Waals surface area contributed by atoms with Crippen molar-refractivity contribution in [1.29, 1.82) is 0 Å². The number of carbonyl (C=O) groups excluding carboxylic acids is 1. The third-order valence-electron chi connectivity index (χ3n) is 3.46. The Balaban J connectivity index is 2.85. The number of hydrogen-bond acceptors (Lipinski definition) is 3. The first-order valence-electron chi connectivity index (χ1n) is 6.42. The molecule has 2 N–H and O–H groups in total. The summed E-state index contributed by atoms with van der Waals surface area (Å²) in [7, 11) is 1.70. The normalized spacial score (nSPS) is 14.5. The van der Waals surface area contributed by atoms with Crippen molar-refractivity contribution in [3.8, 4) is 0 Å². The van der Waals surface area contributed by atoms with Gasteiger partial charge in [0.15, 0.2) is 0 Å². The van der Waals surface area contributed by atoms with Gasteiger partial charge in [0, 0.05) is 13.6 Å². The molecule has 1 unspecified atom stereocenters. The molecule has 0 aliphatic rings. The lowest BCUT2D eigenvalue weighted by atomic mass is 9.92. The number of rotatable bonds is 5. The summed E-state index contributed by atoms with van der Waals surface area (Å²) in [4.78, 5) is 12.2. The van der Waals surface area contributed by atoms with Crippen LogP contribution in [-0.4, -0.2) is 32.9 Å². The van der Waals surface area contributed by atoms with Crippen LogP contribution in [0, 0.1) is 5.92 Å². The second kappa shape index (κ2) is 5.92. The maximum atomic E-state index is 12.2. The molecule has 0 saturated carbocycles. The molecule has 1 aromatic heterocycles. The van der Waals surface area contributed by atoms with Crippen LogP contribution < -0.4 is 5.32 Å². The van der Waals surface area contributed by atoms with Crippen LogP contribution in [0.5, 0.6) is 0 Å². The predicted molar refractivity (Wildman–Crippen MR) is 75.4 cm³/mol. The molecule has 1 aromatic rings. The quantitative estimate of drug-likeness (QED) is 0.867. The summed E-state index contributed by atoms with van der Waals surface area (Å²) in [5.41, 5.74) is 0.108. The number of nitrogens with zero attached hydrogens (tertiary/aromatic N) is 2. The van der Waals surface area contributed by atoms with Crippen molar-refractivity contribution >= 4 is 17.5 Å². The van der Waals surface area contributed by atoms with Crippen molar-refractivity contribution in [2.24, 2.45) is 13.0 Å². The molecule has 0 aromatic carbocycles. The maximum Gasteiger partial charge on any atom is 0.256 e. The summed E-state index contributed by atoms with van der Waals surface area (Å²) in [6.45, 7) is 7.60. The average molecular weight is 288 g/mol. The zero-order valence-corrected chi connectivity index (χ0v) is 12.9. The highest BCUT2D eigenvalue weighted by Crippen LogP contribution is 2.20. The Labute approximate surface area is 118 Å². The Bertz CT molecular complexity index is 467. The van der Waals surface area contributed by atoms with Crippen molar-refractivity contribution in [1.82, 2.24) is 15.1 Å². The highest BCUT2D eigenvalue weighted by atomic mass is 35.5. The molecule has 6 heteroatoms. The number of halogens is 1. The highest BCUT2D eigenvalue weighted by molar-refractivity contribution is 6.33. The number of amides is 1. The fraction of sp³-hybridized carbons (Fsp3) is 0.692. The van der Waals surface area contributed by atoms with E-state index in [4.69, 9.17) is 11.6 Å². The lowest BCUT2D eigenvalue weighted by Crippen LogP contribution is -2.44. The highest BCUT2D eigenvalue weighted by Gasteiger charge is 2.27. The molecule has 0 aliphatic heterocycles. The van der Waals surface area contributed by atoms with Gasteiger partial charge < -0.3 is 10.4 Å². The fourth-order valence-corrected chi connectivity index (χ4v) is 1.81. The largest absolute Gasteiger partial charge is 0.388 e. The van der Waals surface area contributed by atoms with Crippen molar-refractivity contribution in [2.75, 3.05) is 6.54 Å². The monoisotopic (exact) mass is 287 g/mol. The van der Waals surface area contributed by atoms with Crippen molar-refractivity contribution in [2.45, 2.75) is 39.7 Å². The Morgan fingerprint density at radius 2 is 2.16 bits per heavy atom. The Kier molecular flexibility index (Phi) is 4.98. The van der Waals surface area contributed by atoms with Crippen LogP contribution in [0.2, 0.25) is 5.15 Å². The van der Waals surface area contributed by atoms with E-state index in [2.05, 4.69) is 10.4 Å². The third-order valence-corrected chi connectivity index (χ3v) is 3.90. The minimum Gasteiger partial charge on any atom is -0.388 e. The van der Waals surface area contributed by atoms with Crippen molar-refractivity contribution < 1.29 is 9.90 Å². The lowest BCUT2D eigenvalue weighted by Gasteiger charge is -2.27.